The number of carbonyl (C=O) groups excluding carboxylic acids is 1. The van der Waals surface area contributed by atoms with Crippen LogP contribution in [0.4, 0.5) is 0 Å². The number of nitrogens with zero attached hydrogens (tertiary/aromatic N) is 1. The predicted molar refractivity (Wildman–Crippen MR) is 84.5 cm³/mol. The first-order chi connectivity index (χ1) is 9.66. The Labute approximate surface area is 128 Å². The molecule has 0 amide bonds. The minimum Gasteiger partial charge on any atom is -0.508 e. The van der Waals surface area contributed by atoms with Crippen LogP contribution in [0.25, 0.3) is 0 Å². The summed E-state index contributed by atoms with van der Waals surface area (Å²) in [5.74, 6) is 0.919. The molecule has 0 atom stereocenters. The van der Waals surface area contributed by atoms with Gasteiger partial charge in [0.2, 0.25) is 0 Å². The second kappa shape index (κ2) is 7.61. The van der Waals surface area contributed by atoms with Crippen molar-refractivity contribution in [2.75, 3.05) is 32.1 Å². The van der Waals surface area contributed by atoms with Gasteiger partial charge in [-0.15, -0.1) is 0 Å². The van der Waals surface area contributed by atoms with Crippen LogP contribution >= 0.6 is 24.0 Å². The van der Waals surface area contributed by atoms with Gasteiger partial charge in [-0.2, -0.15) is 0 Å². The first-order valence-electron chi connectivity index (χ1n) is 6.48. The van der Waals surface area contributed by atoms with Crippen LogP contribution in [-0.2, 0) is 4.74 Å². The van der Waals surface area contributed by atoms with E-state index < -0.39 is 0 Å². The summed E-state index contributed by atoms with van der Waals surface area (Å²) in [7, 11) is 0. The maximum Gasteiger partial charge on any atom is 0.163 e. The lowest BCUT2D eigenvalue weighted by molar-refractivity contribution is 0.0702. The standard InChI is InChI=1S/C14H17NO3S2/c16-12-3-1-11(2-4-12)13(17)5-10-20-14(19)15-6-8-18-9-7-15/h1-4,16H,5-10H2. The molecule has 1 saturated heterocycles. The molecule has 0 radical (unpaired) electrons. The molecule has 0 spiro atoms. The number of thiocarbonyl (C=S) groups is 1. The number of carbonyl (C=O) groups is 1. The van der Waals surface area contributed by atoms with Gasteiger partial charge in [0.25, 0.3) is 0 Å². The first-order valence-corrected chi connectivity index (χ1v) is 7.88. The zero-order valence-electron chi connectivity index (χ0n) is 11.1. The van der Waals surface area contributed by atoms with Crippen LogP contribution in [0.2, 0.25) is 0 Å². The molecule has 20 heavy (non-hydrogen) atoms. The normalized spacial score (nSPS) is 15.1. The molecule has 0 bridgehead atoms. The van der Waals surface area contributed by atoms with Crippen molar-refractivity contribution in [2.45, 2.75) is 6.42 Å². The lowest BCUT2D eigenvalue weighted by Crippen LogP contribution is -2.38. The van der Waals surface area contributed by atoms with Gasteiger partial charge in [0, 0.05) is 30.8 Å². The molecule has 4 nitrogen and oxygen atoms in total. The number of Topliss-reactive ketones (excluding diaryl/α,β-unsaturated/α-hetero) is 1. The van der Waals surface area contributed by atoms with Crippen LogP contribution in [-0.4, -0.2) is 52.2 Å². The number of phenolic OH excluding ortho intramolecular Hbond substituents is 1. The summed E-state index contributed by atoms with van der Waals surface area (Å²) in [6.45, 7) is 3.09. The number of phenols is 1. The van der Waals surface area contributed by atoms with E-state index in [0.717, 1.165) is 17.4 Å². The highest BCUT2D eigenvalue weighted by molar-refractivity contribution is 8.22. The molecule has 0 aromatic heterocycles. The molecule has 0 saturated carbocycles. The molecule has 0 unspecified atom stereocenters. The van der Waals surface area contributed by atoms with Crippen molar-refractivity contribution in [3.63, 3.8) is 0 Å². The van der Waals surface area contributed by atoms with Crippen LogP contribution < -0.4 is 0 Å². The van der Waals surface area contributed by atoms with Gasteiger partial charge < -0.3 is 14.7 Å². The van der Waals surface area contributed by atoms with Crippen LogP contribution in [0, 0.1) is 0 Å². The number of morpholine rings is 1. The highest BCUT2D eigenvalue weighted by Crippen LogP contribution is 2.16. The highest BCUT2D eigenvalue weighted by Gasteiger charge is 2.14. The van der Waals surface area contributed by atoms with Gasteiger partial charge in [-0.1, -0.05) is 24.0 Å². The van der Waals surface area contributed by atoms with Crippen LogP contribution in [0.15, 0.2) is 24.3 Å². The van der Waals surface area contributed by atoms with Crippen molar-refractivity contribution >= 4 is 34.1 Å². The molecule has 1 fully saturated rings. The summed E-state index contributed by atoms with van der Waals surface area (Å²) in [6, 6.07) is 6.34. The van der Waals surface area contributed by atoms with Crippen molar-refractivity contribution < 1.29 is 14.6 Å². The van der Waals surface area contributed by atoms with Gasteiger partial charge in [-0.3, -0.25) is 4.79 Å². The van der Waals surface area contributed by atoms with Crippen LogP contribution in [0.3, 0.4) is 0 Å². The van der Waals surface area contributed by atoms with E-state index in [1.165, 1.54) is 12.1 Å². The Bertz CT molecular complexity index is 470. The second-order valence-corrected chi connectivity index (χ2v) is 6.16. The number of hydrogen-bond acceptors (Lipinski definition) is 5. The third-order valence-corrected chi connectivity index (χ3v) is 4.54. The fourth-order valence-electron chi connectivity index (χ4n) is 1.86. The number of hydrogen-bond donors (Lipinski definition) is 1. The average Bonchev–Trinajstić information content (AvgIpc) is 2.48. The zero-order valence-corrected chi connectivity index (χ0v) is 12.7. The van der Waals surface area contributed by atoms with Gasteiger partial charge in [-0.05, 0) is 24.3 Å². The fraction of sp³-hybridized carbons (Fsp3) is 0.429. The highest BCUT2D eigenvalue weighted by atomic mass is 32.2. The summed E-state index contributed by atoms with van der Waals surface area (Å²) in [5, 5.41) is 9.18. The topological polar surface area (TPSA) is 49.8 Å². The van der Waals surface area contributed by atoms with E-state index in [-0.39, 0.29) is 11.5 Å². The Morgan fingerprint density at radius 2 is 1.95 bits per heavy atom. The number of benzene rings is 1. The second-order valence-electron chi connectivity index (χ2n) is 4.43. The van der Waals surface area contributed by atoms with E-state index in [1.54, 1.807) is 23.9 Å². The molecular formula is C14H17NO3S2. The summed E-state index contributed by atoms with van der Waals surface area (Å²) in [4.78, 5) is 14.1. The minimum absolute atomic E-state index is 0.0716. The molecule has 1 aromatic rings. The number of aromatic hydroxyl groups is 1. The Morgan fingerprint density at radius 3 is 2.60 bits per heavy atom. The predicted octanol–water partition coefficient (Wildman–Crippen LogP) is 2.32. The largest absolute Gasteiger partial charge is 0.508 e. The van der Waals surface area contributed by atoms with Crippen molar-refractivity contribution in [3.05, 3.63) is 29.8 Å². The quantitative estimate of drug-likeness (QED) is 0.680. The SMILES string of the molecule is O=C(CCSC(=S)N1CCOCC1)c1ccc(O)cc1. The van der Waals surface area contributed by atoms with Gasteiger partial charge in [0.05, 0.1) is 13.2 Å². The molecule has 108 valence electrons. The van der Waals surface area contributed by atoms with E-state index in [2.05, 4.69) is 4.90 Å². The lowest BCUT2D eigenvalue weighted by atomic mass is 10.1. The maximum atomic E-state index is 11.9. The Balaban J connectivity index is 1.73. The van der Waals surface area contributed by atoms with Crippen molar-refractivity contribution in [2.24, 2.45) is 0 Å². The van der Waals surface area contributed by atoms with E-state index in [9.17, 15) is 9.90 Å². The summed E-state index contributed by atoms with van der Waals surface area (Å²) < 4.78 is 6.11. The van der Waals surface area contributed by atoms with Crippen molar-refractivity contribution in [3.8, 4) is 5.75 Å². The smallest absolute Gasteiger partial charge is 0.163 e. The summed E-state index contributed by atoms with van der Waals surface area (Å²) in [6.07, 6.45) is 0.444. The summed E-state index contributed by atoms with van der Waals surface area (Å²) >= 11 is 6.89. The Hall–Kier alpha value is -1.11. The molecule has 1 aliphatic heterocycles. The third-order valence-electron chi connectivity index (χ3n) is 3.01. The lowest BCUT2D eigenvalue weighted by Gasteiger charge is -2.28. The molecule has 1 aliphatic rings. The van der Waals surface area contributed by atoms with E-state index in [4.69, 9.17) is 17.0 Å². The van der Waals surface area contributed by atoms with Crippen LogP contribution in [0.5, 0.6) is 5.75 Å². The number of ketones is 1. The Morgan fingerprint density at radius 1 is 1.30 bits per heavy atom. The third kappa shape index (κ3) is 4.47. The molecule has 2 rings (SSSR count). The van der Waals surface area contributed by atoms with Gasteiger partial charge in [0.1, 0.15) is 10.1 Å². The molecule has 1 heterocycles. The fourth-order valence-corrected chi connectivity index (χ4v) is 3.12. The van der Waals surface area contributed by atoms with Crippen molar-refractivity contribution in [1.29, 1.82) is 0 Å². The molecule has 0 aliphatic carbocycles. The Kier molecular flexibility index (Phi) is 5.82. The van der Waals surface area contributed by atoms with E-state index in [1.807, 2.05) is 0 Å². The first kappa shape index (κ1) is 15.3. The van der Waals surface area contributed by atoms with Gasteiger partial charge in [0.15, 0.2) is 5.78 Å². The number of ether oxygens (including phenoxy) is 1. The van der Waals surface area contributed by atoms with Gasteiger partial charge in [-0.25, -0.2) is 0 Å². The monoisotopic (exact) mass is 311 g/mol. The average molecular weight is 311 g/mol. The molecule has 1 aromatic carbocycles. The molecule has 1 N–H and O–H groups in total. The number of rotatable bonds is 4. The summed E-state index contributed by atoms with van der Waals surface area (Å²) in [5.41, 5.74) is 0.626. The molecular weight excluding hydrogens is 294 g/mol. The van der Waals surface area contributed by atoms with Gasteiger partial charge >= 0.3 is 0 Å². The van der Waals surface area contributed by atoms with E-state index >= 15 is 0 Å². The minimum atomic E-state index is 0.0716. The molecule has 6 heteroatoms. The zero-order chi connectivity index (χ0) is 14.4. The van der Waals surface area contributed by atoms with Crippen molar-refractivity contribution in [1.82, 2.24) is 4.90 Å². The van der Waals surface area contributed by atoms with E-state index in [0.29, 0.717) is 31.0 Å². The van der Waals surface area contributed by atoms with Crippen LogP contribution in [0.1, 0.15) is 16.8 Å². The maximum absolute atomic E-state index is 11.9. The number of thioether (sulfide) groups is 1.